The topological polar surface area (TPSA) is 74.8 Å². The normalized spacial score (nSPS) is 10.7. The van der Waals surface area contributed by atoms with E-state index in [1.165, 1.54) is 0 Å². The highest BCUT2D eigenvalue weighted by atomic mass is 32.2. The third-order valence-electron chi connectivity index (χ3n) is 3.57. The van der Waals surface area contributed by atoms with Gasteiger partial charge in [0.15, 0.2) is 0 Å². The number of thioether (sulfide) groups is 1. The molecular weight excluding hydrogens is 322 g/mol. The van der Waals surface area contributed by atoms with Crippen LogP contribution in [0.15, 0.2) is 64.3 Å². The van der Waals surface area contributed by atoms with Gasteiger partial charge in [0, 0.05) is 22.5 Å². The van der Waals surface area contributed by atoms with E-state index in [0.29, 0.717) is 24.0 Å². The monoisotopic (exact) mass is 339 g/mol. The molecule has 2 N–H and O–H groups in total. The van der Waals surface area contributed by atoms with Crippen molar-refractivity contribution in [2.75, 3.05) is 5.75 Å². The summed E-state index contributed by atoms with van der Waals surface area (Å²) in [7, 11) is 0. The van der Waals surface area contributed by atoms with Gasteiger partial charge >= 0.3 is 0 Å². The van der Waals surface area contributed by atoms with Crippen LogP contribution in [-0.2, 0) is 11.3 Å². The van der Waals surface area contributed by atoms with Gasteiger partial charge < -0.3 is 5.32 Å². The van der Waals surface area contributed by atoms with E-state index in [1.54, 1.807) is 23.9 Å². The van der Waals surface area contributed by atoms with Crippen molar-refractivity contribution in [2.45, 2.75) is 17.9 Å². The highest BCUT2D eigenvalue weighted by Gasteiger charge is 2.08. The quantitative estimate of drug-likeness (QED) is 0.677. The summed E-state index contributed by atoms with van der Waals surface area (Å²) in [6.45, 7) is 0.298. The summed E-state index contributed by atoms with van der Waals surface area (Å²) < 4.78 is 0. The van der Waals surface area contributed by atoms with Gasteiger partial charge in [-0.1, -0.05) is 36.4 Å². The van der Waals surface area contributed by atoms with Crippen LogP contribution in [-0.4, -0.2) is 21.9 Å². The van der Waals surface area contributed by atoms with Crippen LogP contribution < -0.4 is 10.9 Å². The largest absolute Gasteiger partial charge is 0.350 e. The highest BCUT2D eigenvalue weighted by Crippen LogP contribution is 2.17. The fraction of sp³-hybridized carbons (Fsp3) is 0.167. The molecule has 0 saturated carbocycles. The first-order valence-corrected chi connectivity index (χ1v) is 8.63. The molecule has 2 aromatic carbocycles. The zero-order chi connectivity index (χ0) is 16.8. The number of amides is 1. The molecule has 3 aromatic rings. The second kappa shape index (κ2) is 7.79. The second-order valence-corrected chi connectivity index (χ2v) is 6.40. The van der Waals surface area contributed by atoms with Crippen LogP contribution in [0.2, 0.25) is 0 Å². The summed E-state index contributed by atoms with van der Waals surface area (Å²) in [5.74, 6) is 0.686. The van der Waals surface area contributed by atoms with Crippen LogP contribution in [0.25, 0.3) is 10.8 Å². The van der Waals surface area contributed by atoms with Crippen LogP contribution in [0.5, 0.6) is 0 Å². The zero-order valence-corrected chi connectivity index (χ0v) is 13.8. The lowest BCUT2D eigenvalue weighted by Crippen LogP contribution is -2.24. The van der Waals surface area contributed by atoms with Crippen molar-refractivity contribution in [3.8, 4) is 0 Å². The number of rotatable bonds is 6. The van der Waals surface area contributed by atoms with E-state index >= 15 is 0 Å². The Morgan fingerprint density at radius 1 is 1.04 bits per heavy atom. The Balaban J connectivity index is 1.55. The van der Waals surface area contributed by atoms with E-state index in [4.69, 9.17) is 0 Å². The van der Waals surface area contributed by atoms with Gasteiger partial charge in [-0.2, -0.15) is 5.10 Å². The van der Waals surface area contributed by atoms with E-state index in [1.807, 2.05) is 42.5 Å². The van der Waals surface area contributed by atoms with Crippen LogP contribution >= 0.6 is 11.8 Å². The summed E-state index contributed by atoms with van der Waals surface area (Å²) in [6, 6.07) is 17.2. The molecule has 122 valence electrons. The van der Waals surface area contributed by atoms with Crippen molar-refractivity contribution in [3.63, 3.8) is 0 Å². The molecule has 0 aliphatic carbocycles. The molecule has 0 atom stereocenters. The Labute approximate surface area is 143 Å². The Kier molecular flexibility index (Phi) is 5.28. The summed E-state index contributed by atoms with van der Waals surface area (Å²) >= 11 is 1.65. The fourth-order valence-corrected chi connectivity index (χ4v) is 3.23. The van der Waals surface area contributed by atoms with Crippen LogP contribution in [0, 0.1) is 0 Å². The van der Waals surface area contributed by atoms with Crippen LogP contribution in [0.3, 0.4) is 0 Å². The molecule has 6 heteroatoms. The third-order valence-corrected chi connectivity index (χ3v) is 4.58. The number of carbonyl (C=O) groups excluding carboxylic acids is 1. The lowest BCUT2D eigenvalue weighted by atomic mass is 10.1. The number of aromatic amines is 1. The predicted octanol–water partition coefficient (Wildman–Crippen LogP) is 2.72. The number of fused-ring (bicyclic) bond motifs is 1. The van der Waals surface area contributed by atoms with Crippen molar-refractivity contribution >= 4 is 28.4 Å². The van der Waals surface area contributed by atoms with Crippen molar-refractivity contribution in [1.29, 1.82) is 0 Å². The molecule has 0 unspecified atom stereocenters. The highest BCUT2D eigenvalue weighted by molar-refractivity contribution is 7.99. The average Bonchev–Trinajstić information content (AvgIpc) is 2.62. The molecule has 0 spiro atoms. The molecule has 0 radical (unpaired) electrons. The Bertz CT molecular complexity index is 893. The molecule has 1 heterocycles. The Morgan fingerprint density at radius 3 is 2.54 bits per heavy atom. The molecule has 5 nitrogen and oxygen atoms in total. The summed E-state index contributed by atoms with van der Waals surface area (Å²) in [4.78, 5) is 24.9. The molecule has 0 fully saturated rings. The Hall–Kier alpha value is -2.60. The standard InChI is InChI=1S/C18H17N3O2S/c22-17(10-11-24-13-6-2-1-3-7-13)19-12-16-14-8-4-5-9-15(14)18(23)21-20-16/h1-9H,10-12H2,(H,19,22)(H,21,23). The van der Waals surface area contributed by atoms with Gasteiger partial charge in [-0.15, -0.1) is 11.8 Å². The molecule has 0 aliphatic heterocycles. The summed E-state index contributed by atoms with van der Waals surface area (Å²) in [6.07, 6.45) is 0.431. The number of hydrogen-bond donors (Lipinski definition) is 2. The van der Waals surface area contributed by atoms with Crippen LogP contribution in [0.4, 0.5) is 0 Å². The molecule has 3 rings (SSSR count). The third kappa shape index (κ3) is 4.02. The maximum Gasteiger partial charge on any atom is 0.272 e. The van der Waals surface area contributed by atoms with Crippen molar-refractivity contribution in [2.24, 2.45) is 0 Å². The smallest absolute Gasteiger partial charge is 0.272 e. The van der Waals surface area contributed by atoms with E-state index < -0.39 is 0 Å². The first-order valence-electron chi connectivity index (χ1n) is 7.65. The maximum atomic E-state index is 12.0. The van der Waals surface area contributed by atoms with Crippen molar-refractivity contribution in [3.05, 3.63) is 70.6 Å². The lowest BCUT2D eigenvalue weighted by Gasteiger charge is -2.07. The van der Waals surface area contributed by atoms with Crippen LogP contribution in [0.1, 0.15) is 12.1 Å². The molecule has 0 saturated heterocycles. The minimum Gasteiger partial charge on any atom is -0.350 e. The van der Waals surface area contributed by atoms with Gasteiger partial charge in [0.2, 0.25) is 5.91 Å². The minimum absolute atomic E-state index is 0.0319. The minimum atomic E-state index is -0.222. The van der Waals surface area contributed by atoms with Gasteiger partial charge in [0.1, 0.15) is 0 Å². The molecule has 1 aromatic heterocycles. The number of hydrogen-bond acceptors (Lipinski definition) is 4. The van der Waals surface area contributed by atoms with E-state index in [9.17, 15) is 9.59 Å². The number of nitrogens with zero attached hydrogens (tertiary/aromatic N) is 1. The molecule has 24 heavy (non-hydrogen) atoms. The average molecular weight is 339 g/mol. The lowest BCUT2D eigenvalue weighted by molar-refractivity contribution is -0.120. The maximum absolute atomic E-state index is 12.0. The van der Waals surface area contributed by atoms with E-state index in [-0.39, 0.29) is 11.5 Å². The summed E-state index contributed by atoms with van der Waals surface area (Å²) in [5, 5.41) is 10.7. The van der Waals surface area contributed by atoms with Gasteiger partial charge in [-0.05, 0) is 18.2 Å². The number of aromatic nitrogens is 2. The first-order chi connectivity index (χ1) is 11.7. The second-order valence-electron chi connectivity index (χ2n) is 5.23. The fourth-order valence-electron chi connectivity index (χ4n) is 2.36. The van der Waals surface area contributed by atoms with Crippen molar-refractivity contribution in [1.82, 2.24) is 15.5 Å². The molecular formula is C18H17N3O2S. The number of H-pyrrole nitrogens is 1. The van der Waals surface area contributed by atoms with E-state index in [0.717, 1.165) is 16.0 Å². The van der Waals surface area contributed by atoms with Gasteiger partial charge in [0.25, 0.3) is 5.56 Å². The number of carbonyl (C=O) groups is 1. The molecule has 1 amide bonds. The molecule has 0 aliphatic rings. The zero-order valence-electron chi connectivity index (χ0n) is 13.0. The van der Waals surface area contributed by atoms with Gasteiger partial charge in [-0.3, -0.25) is 9.59 Å². The van der Waals surface area contributed by atoms with E-state index in [2.05, 4.69) is 15.5 Å². The molecule has 0 bridgehead atoms. The predicted molar refractivity (Wildman–Crippen MR) is 96.0 cm³/mol. The number of nitrogens with one attached hydrogen (secondary N) is 2. The van der Waals surface area contributed by atoms with Crippen molar-refractivity contribution < 1.29 is 4.79 Å². The number of benzene rings is 2. The van der Waals surface area contributed by atoms with Gasteiger partial charge in [-0.25, -0.2) is 5.10 Å². The van der Waals surface area contributed by atoms with Gasteiger partial charge in [0.05, 0.1) is 17.6 Å². The first kappa shape index (κ1) is 16.3. The summed E-state index contributed by atoms with van der Waals surface area (Å²) in [5.41, 5.74) is 0.439. The Morgan fingerprint density at radius 2 is 1.75 bits per heavy atom. The SMILES string of the molecule is O=C(CCSc1ccccc1)NCc1n[nH]c(=O)c2ccccc12.